The van der Waals surface area contributed by atoms with Crippen LogP contribution in [0, 0.1) is 11.2 Å². The Labute approximate surface area is 182 Å². The number of hydrogen-bond donors (Lipinski definition) is 1. The number of fused-ring (bicyclic) bond motifs is 1. The van der Waals surface area contributed by atoms with Crippen LogP contribution in [0.5, 0.6) is 0 Å². The molecule has 2 aromatic heterocycles. The summed E-state index contributed by atoms with van der Waals surface area (Å²) in [5, 5.41) is 8.31. The van der Waals surface area contributed by atoms with E-state index in [0.717, 1.165) is 35.7 Å². The molecule has 4 aromatic rings. The summed E-state index contributed by atoms with van der Waals surface area (Å²) in [5.41, 5.74) is 4.10. The smallest absolute Gasteiger partial charge is 0.158 e. The van der Waals surface area contributed by atoms with E-state index in [-0.39, 0.29) is 11.2 Å². The number of halogens is 1. The lowest BCUT2D eigenvalue weighted by molar-refractivity contribution is 0.254. The van der Waals surface area contributed by atoms with Crippen molar-refractivity contribution in [1.82, 2.24) is 19.5 Å². The number of nitrogens with one attached hydrogen (secondary N) is 1. The fraction of sp³-hybridized carbons (Fsp3) is 0.280. The van der Waals surface area contributed by atoms with Crippen LogP contribution >= 0.6 is 0 Å². The van der Waals surface area contributed by atoms with Gasteiger partial charge in [0.25, 0.3) is 0 Å². The monoisotopic (exact) mass is 417 g/mol. The van der Waals surface area contributed by atoms with Gasteiger partial charge in [0.1, 0.15) is 11.6 Å². The third kappa shape index (κ3) is 4.91. The minimum Gasteiger partial charge on any atom is -0.369 e. The Kier molecular flexibility index (Phi) is 5.74. The summed E-state index contributed by atoms with van der Waals surface area (Å²) in [4.78, 5) is 7.02. The van der Waals surface area contributed by atoms with Crippen molar-refractivity contribution in [2.24, 2.45) is 5.41 Å². The maximum absolute atomic E-state index is 13.8. The van der Waals surface area contributed by atoms with Crippen LogP contribution in [-0.4, -0.2) is 46.7 Å². The summed E-state index contributed by atoms with van der Waals surface area (Å²) in [7, 11) is 4.16. The van der Waals surface area contributed by atoms with Gasteiger partial charge in [0.2, 0.25) is 0 Å². The fourth-order valence-electron chi connectivity index (χ4n) is 3.89. The molecular weight excluding hydrogens is 389 g/mol. The largest absolute Gasteiger partial charge is 0.369 e. The molecule has 0 saturated carbocycles. The van der Waals surface area contributed by atoms with E-state index in [2.05, 4.69) is 38.2 Å². The zero-order valence-corrected chi connectivity index (χ0v) is 18.4. The van der Waals surface area contributed by atoms with Crippen LogP contribution in [0.2, 0.25) is 0 Å². The van der Waals surface area contributed by atoms with E-state index in [0.29, 0.717) is 11.3 Å². The third-order valence-corrected chi connectivity index (χ3v) is 5.11. The molecule has 31 heavy (non-hydrogen) atoms. The van der Waals surface area contributed by atoms with E-state index in [4.69, 9.17) is 10.1 Å². The van der Waals surface area contributed by atoms with Gasteiger partial charge in [0.15, 0.2) is 5.65 Å². The predicted molar refractivity (Wildman–Crippen MR) is 125 cm³/mol. The third-order valence-electron chi connectivity index (χ3n) is 5.11. The first-order chi connectivity index (χ1) is 14.8. The Bertz CT molecular complexity index is 1180. The molecule has 5 nitrogen and oxygen atoms in total. The van der Waals surface area contributed by atoms with E-state index in [1.54, 1.807) is 10.6 Å². The highest BCUT2D eigenvalue weighted by Crippen LogP contribution is 2.27. The minimum absolute atomic E-state index is 0.0601. The Morgan fingerprint density at radius 3 is 2.39 bits per heavy atom. The van der Waals surface area contributed by atoms with E-state index in [1.807, 2.05) is 48.5 Å². The molecule has 1 N–H and O–H groups in total. The van der Waals surface area contributed by atoms with Gasteiger partial charge in [0, 0.05) is 36.3 Å². The number of nitrogens with zero attached hydrogens (tertiary/aromatic N) is 4. The molecule has 2 heterocycles. The van der Waals surface area contributed by atoms with Crippen molar-refractivity contribution >= 4 is 11.5 Å². The first kappa shape index (κ1) is 21.0. The molecule has 2 aromatic carbocycles. The van der Waals surface area contributed by atoms with Crippen molar-refractivity contribution in [2.45, 2.75) is 13.8 Å². The second kappa shape index (κ2) is 8.47. The van der Waals surface area contributed by atoms with Crippen LogP contribution in [0.15, 0.2) is 66.7 Å². The summed E-state index contributed by atoms with van der Waals surface area (Å²) in [6.07, 6.45) is 0. The van der Waals surface area contributed by atoms with Gasteiger partial charge in [-0.1, -0.05) is 56.3 Å². The Balaban J connectivity index is 1.77. The number of anilines is 1. The van der Waals surface area contributed by atoms with E-state index in [1.165, 1.54) is 12.1 Å². The number of aromatic nitrogens is 3. The molecule has 0 spiro atoms. The summed E-state index contributed by atoms with van der Waals surface area (Å²) < 4.78 is 15.6. The lowest BCUT2D eigenvalue weighted by Crippen LogP contribution is -2.34. The average molecular weight is 418 g/mol. The van der Waals surface area contributed by atoms with Crippen molar-refractivity contribution < 1.29 is 4.39 Å². The molecule has 6 heteroatoms. The van der Waals surface area contributed by atoms with Gasteiger partial charge in [0.05, 0.1) is 11.4 Å². The van der Waals surface area contributed by atoms with E-state index >= 15 is 0 Å². The van der Waals surface area contributed by atoms with Crippen LogP contribution in [0.1, 0.15) is 13.8 Å². The highest BCUT2D eigenvalue weighted by atomic mass is 19.1. The highest BCUT2D eigenvalue weighted by Gasteiger charge is 2.20. The molecule has 4 rings (SSSR count). The lowest BCUT2D eigenvalue weighted by Gasteiger charge is -2.29. The fourth-order valence-corrected chi connectivity index (χ4v) is 3.89. The molecule has 0 atom stereocenters. The van der Waals surface area contributed by atoms with E-state index in [9.17, 15) is 4.39 Å². The van der Waals surface area contributed by atoms with Gasteiger partial charge in [-0.3, -0.25) is 0 Å². The lowest BCUT2D eigenvalue weighted by atomic mass is 9.93. The van der Waals surface area contributed by atoms with Crippen molar-refractivity contribution in [3.63, 3.8) is 0 Å². The Hall–Kier alpha value is -3.25. The first-order valence-corrected chi connectivity index (χ1v) is 10.4. The summed E-state index contributed by atoms with van der Waals surface area (Å²) in [5.74, 6) is 0.578. The highest BCUT2D eigenvalue weighted by molar-refractivity contribution is 5.70. The molecule has 0 aliphatic carbocycles. The zero-order valence-electron chi connectivity index (χ0n) is 18.4. The standard InChI is InChI=1S/C25H28FN5/c1-25(2,17-30(3)4)16-27-23-14-21(18-9-6-5-7-10-18)28-24-15-22(29-31(23)24)19-11-8-12-20(26)13-19/h5-15,27H,16-17H2,1-4H3. The van der Waals surface area contributed by atoms with Crippen molar-refractivity contribution in [3.8, 4) is 22.5 Å². The van der Waals surface area contributed by atoms with Gasteiger partial charge >= 0.3 is 0 Å². The maximum atomic E-state index is 13.8. The maximum Gasteiger partial charge on any atom is 0.158 e. The number of benzene rings is 2. The summed E-state index contributed by atoms with van der Waals surface area (Å²) in [6.45, 7) is 6.19. The van der Waals surface area contributed by atoms with Crippen molar-refractivity contribution in [2.75, 3.05) is 32.5 Å². The molecule has 0 saturated heterocycles. The normalized spacial score (nSPS) is 11.9. The van der Waals surface area contributed by atoms with Crippen LogP contribution in [0.4, 0.5) is 10.2 Å². The van der Waals surface area contributed by atoms with Gasteiger partial charge in [-0.15, -0.1) is 0 Å². The molecule has 0 aliphatic rings. The SMILES string of the molecule is CN(C)CC(C)(C)CNc1cc(-c2ccccc2)nc2cc(-c3cccc(F)c3)nn12. The van der Waals surface area contributed by atoms with Crippen molar-refractivity contribution in [3.05, 3.63) is 72.5 Å². The molecule has 0 bridgehead atoms. The minimum atomic E-state index is -0.281. The molecule has 0 fully saturated rings. The van der Waals surface area contributed by atoms with Gasteiger partial charge in [-0.2, -0.15) is 9.61 Å². The van der Waals surface area contributed by atoms with Crippen molar-refractivity contribution in [1.29, 1.82) is 0 Å². The number of hydrogen-bond acceptors (Lipinski definition) is 4. The molecule has 0 radical (unpaired) electrons. The second-order valence-electron chi connectivity index (χ2n) is 8.96. The summed E-state index contributed by atoms with van der Waals surface area (Å²) in [6, 6.07) is 20.5. The van der Waals surface area contributed by atoms with Crippen LogP contribution < -0.4 is 5.32 Å². The van der Waals surface area contributed by atoms with E-state index < -0.39 is 0 Å². The van der Waals surface area contributed by atoms with Gasteiger partial charge in [-0.25, -0.2) is 9.37 Å². The van der Waals surface area contributed by atoms with Crippen LogP contribution in [-0.2, 0) is 0 Å². The molecule has 0 unspecified atom stereocenters. The quantitative estimate of drug-likeness (QED) is 0.449. The topological polar surface area (TPSA) is 45.5 Å². The average Bonchev–Trinajstić information content (AvgIpc) is 3.16. The Morgan fingerprint density at radius 2 is 1.68 bits per heavy atom. The van der Waals surface area contributed by atoms with Crippen LogP contribution in [0.3, 0.4) is 0 Å². The predicted octanol–water partition coefficient (Wildman–Crippen LogP) is 5.20. The van der Waals surface area contributed by atoms with Gasteiger partial charge in [-0.05, 0) is 31.6 Å². The van der Waals surface area contributed by atoms with Crippen LogP contribution in [0.25, 0.3) is 28.2 Å². The molecule has 0 aliphatic heterocycles. The molecule has 0 amide bonds. The second-order valence-corrected chi connectivity index (χ2v) is 8.96. The van der Waals surface area contributed by atoms with Gasteiger partial charge < -0.3 is 10.2 Å². The number of rotatable bonds is 7. The first-order valence-electron chi connectivity index (χ1n) is 10.4. The summed E-state index contributed by atoms with van der Waals surface area (Å²) >= 11 is 0. The molecule has 160 valence electrons. The Morgan fingerprint density at radius 1 is 0.935 bits per heavy atom. The molecular formula is C25H28FN5. The zero-order chi connectivity index (χ0) is 22.0.